The fraction of sp³-hybridized carbons (Fsp3) is 0.182. The van der Waals surface area contributed by atoms with E-state index in [0.29, 0.717) is 34.1 Å². The first-order chi connectivity index (χ1) is 15.8. The molecule has 0 bridgehead atoms. The van der Waals surface area contributed by atoms with Crippen LogP contribution in [0.25, 0.3) is 16.9 Å². The Bertz CT molecular complexity index is 1440. The first-order valence-corrected chi connectivity index (χ1v) is 11.4. The molecule has 3 aromatic heterocycles. The van der Waals surface area contributed by atoms with E-state index in [4.69, 9.17) is 9.26 Å². The number of hydrogen-bond acceptors (Lipinski definition) is 8. The number of methoxy groups -OCH3 is 1. The van der Waals surface area contributed by atoms with E-state index < -0.39 is 10.0 Å². The van der Waals surface area contributed by atoms with Crippen LogP contribution in [0.1, 0.15) is 17.1 Å². The van der Waals surface area contributed by atoms with Crippen LogP contribution in [0.15, 0.2) is 68.9 Å². The van der Waals surface area contributed by atoms with Crippen LogP contribution < -0.4 is 15.0 Å². The number of benzene rings is 1. The molecule has 0 amide bonds. The van der Waals surface area contributed by atoms with Crippen LogP contribution in [0.2, 0.25) is 0 Å². The number of pyridine rings is 1. The van der Waals surface area contributed by atoms with Crippen molar-refractivity contribution in [3.05, 3.63) is 82.2 Å². The van der Waals surface area contributed by atoms with E-state index >= 15 is 0 Å². The van der Waals surface area contributed by atoms with Gasteiger partial charge < -0.3 is 9.26 Å². The summed E-state index contributed by atoms with van der Waals surface area (Å²) in [7, 11) is -2.55. The molecule has 0 saturated heterocycles. The highest BCUT2D eigenvalue weighted by atomic mass is 32.2. The molecule has 4 rings (SSSR count). The molecule has 0 aliphatic carbocycles. The number of sulfonamides is 1. The van der Waals surface area contributed by atoms with Crippen molar-refractivity contribution in [2.24, 2.45) is 0 Å². The molecule has 0 fully saturated rings. The lowest BCUT2D eigenvalue weighted by atomic mass is 10.1. The molecule has 4 aromatic rings. The quantitative estimate of drug-likeness (QED) is 0.439. The van der Waals surface area contributed by atoms with Crippen LogP contribution in [-0.4, -0.2) is 35.4 Å². The second-order valence-electron chi connectivity index (χ2n) is 7.15. The molecule has 33 heavy (non-hydrogen) atoms. The third-order valence-electron chi connectivity index (χ3n) is 4.93. The molecule has 0 atom stereocenters. The molecule has 3 heterocycles. The third kappa shape index (κ3) is 4.54. The molecule has 1 aromatic carbocycles. The van der Waals surface area contributed by atoms with Crippen molar-refractivity contribution >= 4 is 10.0 Å². The van der Waals surface area contributed by atoms with E-state index in [1.54, 1.807) is 44.3 Å². The Kier molecular flexibility index (Phi) is 6.07. The first kappa shape index (κ1) is 22.4. The summed E-state index contributed by atoms with van der Waals surface area (Å²) in [4.78, 5) is 16.5. The third-order valence-corrected chi connectivity index (χ3v) is 6.35. The summed E-state index contributed by atoms with van der Waals surface area (Å²) in [6, 6.07) is 12.8. The maximum Gasteiger partial charge on any atom is 0.271 e. The molecule has 0 saturated carbocycles. The summed E-state index contributed by atoms with van der Waals surface area (Å²) in [5.41, 5.74) is 2.03. The Morgan fingerprint density at radius 2 is 1.94 bits per heavy atom. The fourth-order valence-electron chi connectivity index (χ4n) is 3.30. The summed E-state index contributed by atoms with van der Waals surface area (Å²) in [5, 5.41) is 8.28. The van der Waals surface area contributed by atoms with Crippen LogP contribution in [0, 0.1) is 13.8 Å². The van der Waals surface area contributed by atoms with E-state index in [1.807, 2.05) is 0 Å². The smallest absolute Gasteiger partial charge is 0.271 e. The van der Waals surface area contributed by atoms with Gasteiger partial charge in [-0.1, -0.05) is 11.2 Å². The monoisotopic (exact) mass is 467 g/mol. The topological polar surface area (TPSA) is 129 Å². The molecule has 0 spiro atoms. The highest BCUT2D eigenvalue weighted by Crippen LogP contribution is 2.29. The predicted molar refractivity (Wildman–Crippen MR) is 120 cm³/mol. The Morgan fingerprint density at radius 3 is 2.61 bits per heavy atom. The zero-order chi connectivity index (χ0) is 23.6. The normalized spacial score (nSPS) is 11.5. The van der Waals surface area contributed by atoms with Gasteiger partial charge in [-0.05, 0) is 50.2 Å². The van der Waals surface area contributed by atoms with Crippen molar-refractivity contribution in [2.45, 2.75) is 25.3 Å². The molecule has 0 aliphatic heterocycles. The standard InChI is InChI=1S/C22H21N5O5S/c1-14-22(15(2)32-26-14)27-21(28)10-8-18(25-27)16-7-9-19(31-3)20(12-16)33(29,30)24-13-17-6-4-5-11-23-17/h4-12,24H,13H2,1-3H3. The van der Waals surface area contributed by atoms with Crippen LogP contribution >= 0.6 is 0 Å². The lowest BCUT2D eigenvalue weighted by Crippen LogP contribution is -2.24. The van der Waals surface area contributed by atoms with E-state index in [2.05, 4.69) is 20.0 Å². The number of aromatic nitrogens is 4. The first-order valence-electron chi connectivity index (χ1n) is 9.92. The molecule has 0 unspecified atom stereocenters. The van der Waals surface area contributed by atoms with Crippen molar-refractivity contribution in [1.29, 1.82) is 0 Å². The lowest BCUT2D eigenvalue weighted by Gasteiger charge is -2.13. The van der Waals surface area contributed by atoms with Gasteiger partial charge in [-0.25, -0.2) is 13.1 Å². The van der Waals surface area contributed by atoms with E-state index in [9.17, 15) is 13.2 Å². The van der Waals surface area contributed by atoms with E-state index in [-0.39, 0.29) is 22.7 Å². The van der Waals surface area contributed by atoms with Crippen LogP contribution in [0.3, 0.4) is 0 Å². The van der Waals surface area contributed by atoms with Gasteiger partial charge in [0.1, 0.15) is 22.0 Å². The molecule has 10 nitrogen and oxygen atoms in total. The van der Waals surface area contributed by atoms with Gasteiger partial charge in [-0.2, -0.15) is 9.78 Å². The van der Waals surface area contributed by atoms with E-state index in [0.717, 1.165) is 0 Å². The SMILES string of the molecule is COc1ccc(-c2ccc(=O)n(-c3c(C)noc3C)n2)cc1S(=O)(=O)NCc1ccccn1. The molecular formula is C22H21N5O5S. The average Bonchev–Trinajstić information content (AvgIpc) is 3.16. The second kappa shape index (κ2) is 8.96. The van der Waals surface area contributed by atoms with Gasteiger partial charge in [0.15, 0.2) is 5.76 Å². The minimum Gasteiger partial charge on any atom is -0.495 e. The second-order valence-corrected chi connectivity index (χ2v) is 8.89. The van der Waals surface area contributed by atoms with E-state index in [1.165, 1.54) is 36.1 Å². The van der Waals surface area contributed by atoms with Gasteiger partial charge in [0.2, 0.25) is 10.0 Å². The van der Waals surface area contributed by atoms with Crippen LogP contribution in [-0.2, 0) is 16.6 Å². The minimum atomic E-state index is -3.94. The summed E-state index contributed by atoms with van der Waals surface area (Å²) < 4.78 is 40.3. The highest BCUT2D eigenvalue weighted by molar-refractivity contribution is 7.89. The molecular weight excluding hydrogens is 446 g/mol. The molecule has 11 heteroatoms. The fourth-order valence-corrected chi connectivity index (χ4v) is 4.49. The molecule has 1 N–H and O–H groups in total. The molecule has 0 radical (unpaired) electrons. The predicted octanol–water partition coefficient (Wildman–Crippen LogP) is 2.39. The van der Waals surface area contributed by atoms with Crippen LogP contribution in [0.4, 0.5) is 0 Å². The summed E-state index contributed by atoms with van der Waals surface area (Å²) in [6.07, 6.45) is 1.59. The van der Waals surface area contributed by atoms with Gasteiger partial charge in [0, 0.05) is 17.8 Å². The summed E-state index contributed by atoms with van der Waals surface area (Å²) in [5.74, 6) is 0.613. The molecule has 170 valence electrons. The Balaban J connectivity index is 1.74. The Labute approximate surface area is 189 Å². The Hall–Kier alpha value is -3.83. The van der Waals surface area contributed by atoms with Gasteiger partial charge in [-0.15, -0.1) is 0 Å². The van der Waals surface area contributed by atoms with Crippen molar-refractivity contribution in [2.75, 3.05) is 7.11 Å². The number of nitrogens with zero attached hydrogens (tertiary/aromatic N) is 4. The highest BCUT2D eigenvalue weighted by Gasteiger charge is 2.22. The number of rotatable bonds is 7. The van der Waals surface area contributed by atoms with Crippen molar-refractivity contribution in [3.63, 3.8) is 0 Å². The number of nitrogens with one attached hydrogen (secondary N) is 1. The number of ether oxygens (including phenoxy) is 1. The molecule has 0 aliphatic rings. The van der Waals surface area contributed by atoms with Crippen molar-refractivity contribution in [3.8, 4) is 22.7 Å². The largest absolute Gasteiger partial charge is 0.495 e. The van der Waals surface area contributed by atoms with Gasteiger partial charge in [-0.3, -0.25) is 9.78 Å². The maximum absolute atomic E-state index is 13.1. The minimum absolute atomic E-state index is 0.0196. The lowest BCUT2D eigenvalue weighted by molar-refractivity contribution is 0.392. The summed E-state index contributed by atoms with van der Waals surface area (Å²) in [6.45, 7) is 3.41. The number of hydrogen-bond donors (Lipinski definition) is 1. The van der Waals surface area contributed by atoms with Crippen molar-refractivity contribution < 1.29 is 17.7 Å². The van der Waals surface area contributed by atoms with Gasteiger partial charge in [0.05, 0.1) is 25.0 Å². The van der Waals surface area contributed by atoms with Gasteiger partial charge >= 0.3 is 0 Å². The maximum atomic E-state index is 13.1. The average molecular weight is 468 g/mol. The zero-order valence-electron chi connectivity index (χ0n) is 18.1. The van der Waals surface area contributed by atoms with Crippen molar-refractivity contribution in [1.82, 2.24) is 24.6 Å². The Morgan fingerprint density at radius 1 is 1.12 bits per heavy atom. The summed E-state index contributed by atoms with van der Waals surface area (Å²) >= 11 is 0. The number of aryl methyl sites for hydroxylation is 2. The zero-order valence-corrected chi connectivity index (χ0v) is 19.0. The van der Waals surface area contributed by atoms with Crippen LogP contribution in [0.5, 0.6) is 5.75 Å². The van der Waals surface area contributed by atoms with Gasteiger partial charge in [0.25, 0.3) is 5.56 Å².